The van der Waals surface area contributed by atoms with Crippen molar-refractivity contribution in [3.05, 3.63) is 65.3 Å². The molecular formula is C21H20ClN3O3. The van der Waals surface area contributed by atoms with Crippen LogP contribution in [0.1, 0.15) is 12.8 Å². The van der Waals surface area contributed by atoms with Crippen LogP contribution in [-0.2, 0) is 14.3 Å². The summed E-state index contributed by atoms with van der Waals surface area (Å²) in [5.41, 5.74) is 1.72. The summed E-state index contributed by atoms with van der Waals surface area (Å²) in [6.07, 6.45) is 3.57. The van der Waals surface area contributed by atoms with Crippen molar-refractivity contribution in [3.63, 3.8) is 0 Å². The molecule has 0 spiro atoms. The van der Waals surface area contributed by atoms with E-state index in [1.54, 1.807) is 18.2 Å². The number of carbonyl (C=O) groups is 2. The Labute approximate surface area is 168 Å². The van der Waals surface area contributed by atoms with E-state index in [-0.39, 0.29) is 11.7 Å². The predicted molar refractivity (Wildman–Crippen MR) is 109 cm³/mol. The van der Waals surface area contributed by atoms with Crippen molar-refractivity contribution in [3.8, 4) is 0 Å². The van der Waals surface area contributed by atoms with Gasteiger partial charge in [0.15, 0.2) is 0 Å². The zero-order chi connectivity index (χ0) is 19.5. The molecule has 2 heterocycles. The smallest absolute Gasteiger partial charge is 0.269 e. The number of nitrogens with zero attached hydrogens (tertiary/aromatic N) is 1. The minimum absolute atomic E-state index is 0.0224. The first-order chi connectivity index (χ1) is 13.6. The first-order valence-electron chi connectivity index (χ1n) is 9.19. The molecule has 4 rings (SSSR count). The lowest BCUT2D eigenvalue weighted by Crippen LogP contribution is -2.31. The van der Waals surface area contributed by atoms with Crippen molar-refractivity contribution in [1.82, 2.24) is 5.32 Å². The molecule has 0 saturated carbocycles. The Kier molecular flexibility index (Phi) is 5.32. The monoisotopic (exact) mass is 397 g/mol. The molecule has 0 aliphatic carbocycles. The average molecular weight is 398 g/mol. The molecule has 2 aromatic rings. The third kappa shape index (κ3) is 3.74. The molecular weight excluding hydrogens is 378 g/mol. The molecule has 6 nitrogen and oxygen atoms in total. The number of fused-ring (bicyclic) bond motifs is 1. The highest BCUT2D eigenvalue weighted by Crippen LogP contribution is 2.37. The molecule has 7 heteroatoms. The van der Waals surface area contributed by atoms with Crippen LogP contribution in [0.2, 0.25) is 5.02 Å². The molecule has 1 unspecified atom stereocenters. The molecule has 0 bridgehead atoms. The van der Waals surface area contributed by atoms with Gasteiger partial charge < -0.3 is 15.4 Å². The predicted octanol–water partition coefficient (Wildman–Crippen LogP) is 3.61. The number of para-hydroxylation sites is 1. The van der Waals surface area contributed by atoms with Crippen LogP contribution in [0.4, 0.5) is 17.1 Å². The van der Waals surface area contributed by atoms with Crippen LogP contribution in [0.5, 0.6) is 0 Å². The molecule has 2 amide bonds. The number of ether oxygens (including phenoxy) is 1. The number of rotatable bonds is 4. The van der Waals surface area contributed by atoms with Crippen molar-refractivity contribution in [2.45, 2.75) is 18.9 Å². The minimum Gasteiger partial charge on any atom is -0.387 e. The molecule has 2 aromatic carbocycles. The minimum atomic E-state index is -0.466. The van der Waals surface area contributed by atoms with Crippen LogP contribution >= 0.6 is 11.6 Å². The van der Waals surface area contributed by atoms with E-state index in [9.17, 15) is 9.59 Å². The van der Waals surface area contributed by atoms with Crippen LogP contribution in [0.3, 0.4) is 0 Å². The fourth-order valence-electron chi connectivity index (χ4n) is 3.37. The zero-order valence-electron chi connectivity index (χ0n) is 15.2. The highest BCUT2D eigenvalue weighted by Gasteiger charge is 2.32. The maximum atomic E-state index is 13.3. The van der Waals surface area contributed by atoms with E-state index in [1.807, 2.05) is 30.3 Å². The first-order valence-corrected chi connectivity index (χ1v) is 9.57. The maximum absolute atomic E-state index is 13.3. The second kappa shape index (κ2) is 8.04. The summed E-state index contributed by atoms with van der Waals surface area (Å²) in [5, 5.41) is 6.36. The third-order valence-corrected chi connectivity index (χ3v) is 4.99. The molecule has 1 fully saturated rings. The van der Waals surface area contributed by atoms with Gasteiger partial charge in [-0.25, -0.2) is 0 Å². The van der Waals surface area contributed by atoms with Crippen LogP contribution in [0, 0.1) is 0 Å². The van der Waals surface area contributed by atoms with E-state index in [1.165, 1.54) is 11.1 Å². The van der Waals surface area contributed by atoms with Crippen LogP contribution in [-0.4, -0.2) is 31.1 Å². The Balaban J connectivity index is 1.70. The second-order valence-corrected chi connectivity index (χ2v) is 7.13. The Morgan fingerprint density at radius 1 is 1.21 bits per heavy atom. The maximum Gasteiger partial charge on any atom is 0.269 e. The van der Waals surface area contributed by atoms with Gasteiger partial charge in [-0.1, -0.05) is 29.8 Å². The lowest BCUT2D eigenvalue weighted by Gasteiger charge is -2.23. The van der Waals surface area contributed by atoms with Gasteiger partial charge in [0.05, 0.1) is 17.5 Å². The Hall–Kier alpha value is -2.83. The lowest BCUT2D eigenvalue weighted by molar-refractivity contribution is -0.119. The van der Waals surface area contributed by atoms with Crippen molar-refractivity contribution in [2.24, 2.45) is 0 Å². The van der Waals surface area contributed by atoms with Gasteiger partial charge in [-0.3, -0.25) is 14.5 Å². The normalized spacial score (nSPS) is 20.7. The Morgan fingerprint density at radius 2 is 2.04 bits per heavy atom. The Morgan fingerprint density at radius 3 is 2.79 bits per heavy atom. The summed E-state index contributed by atoms with van der Waals surface area (Å²) < 4.78 is 5.57. The SMILES string of the molecule is O=C1Nc2ccc(Cl)cc2N(c2ccccc2)C(=O)/C1=C\NCC1CCCO1. The van der Waals surface area contributed by atoms with Crippen LogP contribution < -0.4 is 15.5 Å². The van der Waals surface area contributed by atoms with Gasteiger partial charge in [0.1, 0.15) is 5.57 Å². The van der Waals surface area contributed by atoms with Gasteiger partial charge in [0.25, 0.3) is 11.8 Å². The van der Waals surface area contributed by atoms with Gasteiger partial charge >= 0.3 is 0 Å². The quantitative estimate of drug-likeness (QED) is 0.610. The summed E-state index contributed by atoms with van der Waals surface area (Å²) in [5.74, 6) is -0.892. The number of benzene rings is 2. The van der Waals surface area contributed by atoms with Crippen LogP contribution in [0.25, 0.3) is 0 Å². The summed E-state index contributed by atoms with van der Waals surface area (Å²) >= 11 is 6.17. The summed E-state index contributed by atoms with van der Waals surface area (Å²) in [6, 6.07) is 14.2. The zero-order valence-corrected chi connectivity index (χ0v) is 15.9. The highest BCUT2D eigenvalue weighted by molar-refractivity contribution is 6.34. The van der Waals surface area contributed by atoms with E-state index in [4.69, 9.17) is 16.3 Å². The van der Waals surface area contributed by atoms with Crippen molar-refractivity contribution in [2.75, 3.05) is 23.4 Å². The highest BCUT2D eigenvalue weighted by atomic mass is 35.5. The molecule has 0 aromatic heterocycles. The standard InChI is InChI=1S/C21H20ClN3O3/c22-14-8-9-18-19(11-14)25(15-5-2-1-3-6-15)21(27)17(20(26)24-18)13-23-12-16-7-4-10-28-16/h1-3,5-6,8-9,11,13,16,23H,4,7,10,12H2,(H,24,26)/b17-13-. The number of halogens is 1. The van der Waals surface area contributed by atoms with E-state index in [0.717, 1.165) is 19.4 Å². The molecule has 2 aliphatic heterocycles. The van der Waals surface area contributed by atoms with Crippen molar-refractivity contribution >= 4 is 40.5 Å². The van der Waals surface area contributed by atoms with Gasteiger partial charge in [0, 0.05) is 30.1 Å². The second-order valence-electron chi connectivity index (χ2n) is 6.69. The number of hydrogen-bond acceptors (Lipinski definition) is 4. The van der Waals surface area contributed by atoms with Gasteiger partial charge in [-0.05, 0) is 43.2 Å². The molecule has 1 saturated heterocycles. The molecule has 1 atom stereocenters. The van der Waals surface area contributed by atoms with E-state index < -0.39 is 11.8 Å². The summed E-state index contributed by atoms with van der Waals surface area (Å²) in [7, 11) is 0. The number of nitrogens with one attached hydrogen (secondary N) is 2. The largest absolute Gasteiger partial charge is 0.387 e. The summed E-state index contributed by atoms with van der Waals surface area (Å²) in [6.45, 7) is 1.30. The number of anilines is 3. The van der Waals surface area contributed by atoms with Crippen molar-refractivity contribution in [1.29, 1.82) is 0 Å². The molecule has 2 N–H and O–H groups in total. The molecule has 0 radical (unpaired) electrons. The van der Waals surface area contributed by atoms with E-state index in [2.05, 4.69) is 10.6 Å². The number of hydrogen-bond donors (Lipinski definition) is 2. The van der Waals surface area contributed by atoms with E-state index in [0.29, 0.717) is 28.6 Å². The molecule has 28 heavy (non-hydrogen) atoms. The van der Waals surface area contributed by atoms with Gasteiger partial charge in [0.2, 0.25) is 0 Å². The van der Waals surface area contributed by atoms with E-state index >= 15 is 0 Å². The molecule has 144 valence electrons. The van der Waals surface area contributed by atoms with Gasteiger partial charge in [-0.15, -0.1) is 0 Å². The number of amides is 2. The summed E-state index contributed by atoms with van der Waals surface area (Å²) in [4.78, 5) is 27.6. The van der Waals surface area contributed by atoms with Gasteiger partial charge in [-0.2, -0.15) is 0 Å². The lowest BCUT2D eigenvalue weighted by atomic mass is 10.2. The molecule has 2 aliphatic rings. The Bertz CT molecular complexity index is 924. The number of carbonyl (C=O) groups excluding carboxylic acids is 2. The fraction of sp³-hybridized carbons (Fsp3) is 0.238. The average Bonchev–Trinajstić information content (AvgIpc) is 3.18. The third-order valence-electron chi connectivity index (χ3n) is 4.76. The van der Waals surface area contributed by atoms with Crippen LogP contribution in [0.15, 0.2) is 60.3 Å². The first kappa shape index (κ1) is 18.5. The fourth-order valence-corrected chi connectivity index (χ4v) is 3.54. The topological polar surface area (TPSA) is 70.7 Å². The van der Waals surface area contributed by atoms with Crippen molar-refractivity contribution < 1.29 is 14.3 Å².